The molecule has 0 fully saturated rings. The van der Waals surface area contributed by atoms with Gasteiger partial charge in [-0.2, -0.15) is 0 Å². The molecule has 7 nitrogen and oxygen atoms in total. The first kappa shape index (κ1) is 19.0. The number of hydrogen-bond acceptors (Lipinski definition) is 5. The Labute approximate surface area is 147 Å². The van der Waals surface area contributed by atoms with Gasteiger partial charge in [0.1, 0.15) is 11.9 Å². The summed E-state index contributed by atoms with van der Waals surface area (Å²) >= 11 is 0. The van der Waals surface area contributed by atoms with Crippen molar-refractivity contribution >= 4 is 11.8 Å². The number of methoxy groups -OCH3 is 1. The molecule has 3 N–H and O–H groups in total. The maximum atomic E-state index is 12.1. The normalized spacial score (nSPS) is 22.3. The molecule has 1 aliphatic rings. The molecule has 25 heavy (non-hydrogen) atoms. The third-order valence-electron chi connectivity index (χ3n) is 3.84. The van der Waals surface area contributed by atoms with Crippen LogP contribution in [0.1, 0.15) is 18.9 Å². The third kappa shape index (κ3) is 5.88. The maximum Gasteiger partial charge on any atom is 0.223 e. The van der Waals surface area contributed by atoms with Gasteiger partial charge in [-0.15, -0.1) is 0 Å². The fourth-order valence-corrected chi connectivity index (χ4v) is 2.61. The largest absolute Gasteiger partial charge is 0.497 e. The lowest BCUT2D eigenvalue weighted by molar-refractivity contribution is -0.127. The minimum atomic E-state index is -0.565. The Balaban J connectivity index is 1.84. The van der Waals surface area contributed by atoms with Crippen LogP contribution in [0.5, 0.6) is 5.75 Å². The van der Waals surface area contributed by atoms with E-state index in [1.807, 2.05) is 24.3 Å². The number of carbonyl (C=O) groups excluding carboxylic acids is 2. The van der Waals surface area contributed by atoms with Crippen molar-refractivity contribution in [1.29, 1.82) is 0 Å². The van der Waals surface area contributed by atoms with E-state index in [1.165, 1.54) is 6.92 Å². The predicted octanol–water partition coefficient (Wildman–Crippen LogP) is 0.522. The Bertz CT molecular complexity index is 632. The van der Waals surface area contributed by atoms with Crippen molar-refractivity contribution in [3.63, 3.8) is 0 Å². The number of nitrogens with one attached hydrogen (secondary N) is 2. The van der Waals surface area contributed by atoms with Gasteiger partial charge in [-0.1, -0.05) is 24.3 Å². The van der Waals surface area contributed by atoms with Crippen LogP contribution in [0.25, 0.3) is 0 Å². The molecule has 3 atom stereocenters. The quantitative estimate of drug-likeness (QED) is 0.624. The van der Waals surface area contributed by atoms with E-state index in [9.17, 15) is 14.7 Å². The van der Waals surface area contributed by atoms with Gasteiger partial charge < -0.3 is 25.2 Å². The monoisotopic (exact) mass is 348 g/mol. The molecule has 2 amide bonds. The van der Waals surface area contributed by atoms with Gasteiger partial charge >= 0.3 is 0 Å². The van der Waals surface area contributed by atoms with Gasteiger partial charge in [0.2, 0.25) is 11.8 Å². The number of amides is 2. The topological polar surface area (TPSA) is 96.9 Å². The number of ether oxygens (including phenoxy) is 2. The van der Waals surface area contributed by atoms with E-state index < -0.39 is 18.2 Å². The van der Waals surface area contributed by atoms with Gasteiger partial charge in [-0.25, -0.2) is 0 Å². The van der Waals surface area contributed by atoms with E-state index in [0.717, 1.165) is 11.3 Å². The summed E-state index contributed by atoms with van der Waals surface area (Å²) in [6, 6.07) is 7.07. The SMILES string of the molecule is COc1cccc(CNC(=O)C[C@@H]2C=C[C@@H](NC(C)=O)[C@H](CO)O2)c1. The number of rotatable bonds is 7. The molecule has 0 bridgehead atoms. The van der Waals surface area contributed by atoms with Crippen LogP contribution in [0.3, 0.4) is 0 Å². The Morgan fingerprint density at radius 1 is 1.32 bits per heavy atom. The van der Waals surface area contributed by atoms with Crippen LogP contribution in [0.4, 0.5) is 0 Å². The first-order valence-electron chi connectivity index (χ1n) is 8.13. The van der Waals surface area contributed by atoms with Gasteiger partial charge in [0.15, 0.2) is 0 Å². The van der Waals surface area contributed by atoms with Crippen molar-refractivity contribution < 1.29 is 24.2 Å². The van der Waals surface area contributed by atoms with E-state index in [0.29, 0.717) is 6.54 Å². The summed E-state index contributed by atoms with van der Waals surface area (Å²) in [4.78, 5) is 23.2. The van der Waals surface area contributed by atoms with Crippen LogP contribution < -0.4 is 15.4 Å². The standard InChI is InChI=1S/C18H24N2O5/c1-12(22)20-16-7-6-15(25-17(16)11-21)9-18(23)19-10-13-4-3-5-14(8-13)24-2/h3-8,15-17,21H,9-11H2,1-2H3,(H,19,23)(H,20,22)/t15-,16+,17-/m0/s1. The van der Waals surface area contributed by atoms with Crippen LogP contribution >= 0.6 is 0 Å². The van der Waals surface area contributed by atoms with Gasteiger partial charge in [-0.05, 0) is 17.7 Å². The molecule has 1 aliphatic heterocycles. The molecule has 1 aromatic carbocycles. The summed E-state index contributed by atoms with van der Waals surface area (Å²) in [5.74, 6) is 0.374. The summed E-state index contributed by atoms with van der Waals surface area (Å²) in [5, 5.41) is 14.9. The first-order valence-corrected chi connectivity index (χ1v) is 8.13. The van der Waals surface area contributed by atoms with Crippen LogP contribution in [0, 0.1) is 0 Å². The highest BCUT2D eigenvalue weighted by atomic mass is 16.5. The number of aliphatic hydroxyl groups excluding tert-OH is 1. The zero-order valence-corrected chi connectivity index (χ0v) is 14.4. The highest BCUT2D eigenvalue weighted by Gasteiger charge is 2.28. The van der Waals surface area contributed by atoms with Gasteiger partial charge in [0.05, 0.1) is 32.3 Å². The van der Waals surface area contributed by atoms with E-state index in [-0.39, 0.29) is 24.8 Å². The molecule has 2 rings (SSSR count). The Morgan fingerprint density at radius 3 is 2.80 bits per heavy atom. The van der Waals surface area contributed by atoms with Gasteiger partial charge in [0, 0.05) is 13.5 Å². The van der Waals surface area contributed by atoms with Gasteiger partial charge in [-0.3, -0.25) is 9.59 Å². The minimum Gasteiger partial charge on any atom is -0.497 e. The molecule has 0 spiro atoms. The van der Waals surface area contributed by atoms with Crippen LogP contribution in [0.15, 0.2) is 36.4 Å². The molecule has 0 unspecified atom stereocenters. The summed E-state index contributed by atoms with van der Waals surface area (Å²) in [5.41, 5.74) is 0.937. The van der Waals surface area contributed by atoms with Crippen molar-refractivity contribution in [2.45, 2.75) is 38.1 Å². The second kappa shape index (κ2) is 9.19. The molecule has 0 radical (unpaired) electrons. The van der Waals surface area contributed by atoms with E-state index in [4.69, 9.17) is 9.47 Å². The second-order valence-corrected chi connectivity index (χ2v) is 5.84. The fraction of sp³-hybridized carbons (Fsp3) is 0.444. The number of aliphatic hydroxyl groups is 1. The smallest absolute Gasteiger partial charge is 0.223 e. The van der Waals surface area contributed by atoms with Crippen molar-refractivity contribution in [1.82, 2.24) is 10.6 Å². The number of hydrogen-bond donors (Lipinski definition) is 3. The molecule has 0 saturated carbocycles. The molecule has 1 heterocycles. The minimum absolute atomic E-state index is 0.143. The summed E-state index contributed by atoms with van der Waals surface area (Å²) in [6.07, 6.45) is 2.63. The Morgan fingerprint density at radius 2 is 2.12 bits per heavy atom. The highest BCUT2D eigenvalue weighted by molar-refractivity contribution is 5.77. The third-order valence-corrected chi connectivity index (χ3v) is 3.84. The lowest BCUT2D eigenvalue weighted by Crippen LogP contribution is -2.48. The van der Waals surface area contributed by atoms with Crippen molar-refractivity contribution in [3.8, 4) is 5.75 Å². The molecule has 0 saturated heterocycles. The first-order chi connectivity index (χ1) is 12.0. The predicted molar refractivity (Wildman–Crippen MR) is 91.9 cm³/mol. The maximum absolute atomic E-state index is 12.1. The van der Waals surface area contributed by atoms with E-state index in [2.05, 4.69) is 10.6 Å². The lowest BCUT2D eigenvalue weighted by atomic mass is 10.0. The molecule has 0 aromatic heterocycles. The zero-order chi connectivity index (χ0) is 18.2. The van der Waals surface area contributed by atoms with Crippen LogP contribution in [0.2, 0.25) is 0 Å². The van der Waals surface area contributed by atoms with Crippen molar-refractivity contribution in [3.05, 3.63) is 42.0 Å². The molecular weight excluding hydrogens is 324 g/mol. The molecule has 7 heteroatoms. The van der Waals surface area contributed by atoms with Crippen molar-refractivity contribution in [2.75, 3.05) is 13.7 Å². The summed E-state index contributed by atoms with van der Waals surface area (Å²) < 4.78 is 10.8. The summed E-state index contributed by atoms with van der Waals surface area (Å²) in [7, 11) is 1.59. The summed E-state index contributed by atoms with van der Waals surface area (Å²) in [6.45, 7) is 1.56. The molecule has 136 valence electrons. The number of carbonyl (C=O) groups is 2. The average molecular weight is 348 g/mol. The molecule has 0 aliphatic carbocycles. The lowest BCUT2D eigenvalue weighted by Gasteiger charge is -2.31. The molecular formula is C18H24N2O5. The Hall–Kier alpha value is -2.38. The van der Waals surface area contributed by atoms with E-state index in [1.54, 1.807) is 19.3 Å². The van der Waals surface area contributed by atoms with Gasteiger partial charge in [0.25, 0.3) is 0 Å². The fourth-order valence-electron chi connectivity index (χ4n) is 2.61. The molecule has 1 aromatic rings. The van der Waals surface area contributed by atoms with E-state index >= 15 is 0 Å². The average Bonchev–Trinajstić information content (AvgIpc) is 2.61. The Kier molecular flexibility index (Phi) is 6.97. The zero-order valence-electron chi connectivity index (χ0n) is 14.4. The highest BCUT2D eigenvalue weighted by Crippen LogP contribution is 2.16. The number of benzene rings is 1. The van der Waals surface area contributed by atoms with Crippen LogP contribution in [-0.2, 0) is 20.9 Å². The van der Waals surface area contributed by atoms with Crippen LogP contribution in [-0.4, -0.2) is 48.9 Å². The second-order valence-electron chi connectivity index (χ2n) is 5.84. The van der Waals surface area contributed by atoms with Crippen molar-refractivity contribution in [2.24, 2.45) is 0 Å².